The highest BCUT2D eigenvalue weighted by Crippen LogP contribution is 2.51. The molecule has 0 spiro atoms. The van der Waals surface area contributed by atoms with Gasteiger partial charge >= 0.3 is 0 Å². The molecule has 2 heterocycles. The topological polar surface area (TPSA) is 135 Å². The lowest BCUT2D eigenvalue weighted by Crippen LogP contribution is -2.47. The zero-order valence-electron chi connectivity index (χ0n) is 31.9. The molecule has 292 valence electrons. The molecular weight excluding hydrogens is 751 g/mol. The van der Waals surface area contributed by atoms with Crippen LogP contribution in [0.4, 0.5) is 5.82 Å². The van der Waals surface area contributed by atoms with E-state index in [1.54, 1.807) is 49.8 Å². The van der Waals surface area contributed by atoms with Crippen molar-refractivity contribution in [3.63, 3.8) is 0 Å². The van der Waals surface area contributed by atoms with Gasteiger partial charge in [0.05, 0.1) is 37.6 Å². The van der Waals surface area contributed by atoms with E-state index in [4.69, 9.17) is 13.7 Å². The van der Waals surface area contributed by atoms with Crippen LogP contribution in [0.1, 0.15) is 38.7 Å². The second-order valence-electron chi connectivity index (χ2n) is 14.2. The maximum absolute atomic E-state index is 13.6. The highest BCUT2D eigenvalue weighted by atomic mass is 32.2. The zero-order valence-corrected chi connectivity index (χ0v) is 32.8. The number of ether oxygens (including phenoxy) is 2. The Balaban J connectivity index is 1.16. The first-order chi connectivity index (χ1) is 28.2. The fraction of sp³-hybridized carbons (Fsp3) is 0.174. The molecule has 0 aliphatic heterocycles. The van der Waals surface area contributed by atoms with Gasteiger partial charge in [0, 0.05) is 17.4 Å². The average molecular weight is 792 g/mol. The quantitative estimate of drug-likeness (QED) is 0.0658. The van der Waals surface area contributed by atoms with Crippen LogP contribution in [0.25, 0.3) is 11.2 Å². The van der Waals surface area contributed by atoms with Gasteiger partial charge in [0.1, 0.15) is 17.7 Å². The molecule has 12 heteroatoms. The number of aromatic nitrogens is 4. The number of fused-ring (bicyclic) bond motifs is 1. The van der Waals surface area contributed by atoms with Crippen molar-refractivity contribution in [3.05, 3.63) is 192 Å². The Labute approximate surface area is 337 Å². The van der Waals surface area contributed by atoms with E-state index in [-0.39, 0.29) is 35.8 Å². The Bertz CT molecular complexity index is 2620. The number of hydrogen-bond acceptors (Lipinski definition) is 9. The monoisotopic (exact) mass is 791 g/mol. The standard InChI is InChI=1S/C46H41N5O6S/c1-31-19-25-38(26-20-31)58(53,54)57-28-40-39(32(2)42(40)51-30-49-41-43(47-29-48-44(41)51)50-45(52)33-13-7-4-8-14-33)27-56-46(34-15-9-5-10-16-34,35-17-11-6-12-18-35)36-21-23-37(55-3)24-22-36/h4-26,29-30,39-40,42H,2,27-28H2,1,3H3,(H,47,48,50,52)/t39-,40+,42+/m0/s1. The zero-order chi connectivity index (χ0) is 40.3. The molecule has 3 atom stereocenters. The smallest absolute Gasteiger partial charge is 0.296 e. The second kappa shape index (κ2) is 16.2. The summed E-state index contributed by atoms with van der Waals surface area (Å²) in [5, 5.41) is 2.86. The maximum atomic E-state index is 13.6. The number of benzene rings is 5. The Hall–Kier alpha value is -6.47. The highest BCUT2D eigenvalue weighted by molar-refractivity contribution is 7.86. The number of imidazole rings is 1. The molecule has 58 heavy (non-hydrogen) atoms. The number of methoxy groups -OCH3 is 1. The number of carbonyl (C=O) groups is 1. The van der Waals surface area contributed by atoms with E-state index in [2.05, 4.69) is 26.8 Å². The molecule has 1 fully saturated rings. The summed E-state index contributed by atoms with van der Waals surface area (Å²) in [5.74, 6) is -0.208. The van der Waals surface area contributed by atoms with Crippen LogP contribution in [-0.2, 0) is 24.6 Å². The van der Waals surface area contributed by atoms with E-state index in [1.807, 2.05) is 102 Å². The molecule has 1 amide bonds. The van der Waals surface area contributed by atoms with Crippen LogP contribution >= 0.6 is 0 Å². The van der Waals surface area contributed by atoms with Crippen molar-refractivity contribution in [1.82, 2.24) is 19.5 Å². The van der Waals surface area contributed by atoms with Gasteiger partial charge in [-0.15, -0.1) is 0 Å². The first kappa shape index (κ1) is 38.4. The summed E-state index contributed by atoms with van der Waals surface area (Å²) >= 11 is 0. The van der Waals surface area contributed by atoms with Crippen LogP contribution in [0.15, 0.2) is 169 Å². The van der Waals surface area contributed by atoms with Gasteiger partial charge in [0.15, 0.2) is 17.0 Å². The number of anilines is 1. The van der Waals surface area contributed by atoms with Crippen molar-refractivity contribution < 1.29 is 26.9 Å². The molecule has 8 rings (SSSR count). The summed E-state index contributed by atoms with van der Waals surface area (Å²) < 4.78 is 47.7. The molecule has 0 bridgehead atoms. The third kappa shape index (κ3) is 7.29. The van der Waals surface area contributed by atoms with Crippen molar-refractivity contribution in [3.8, 4) is 5.75 Å². The number of aryl methyl sites for hydroxylation is 1. The number of rotatable bonds is 14. The van der Waals surface area contributed by atoms with Crippen LogP contribution in [0.2, 0.25) is 0 Å². The van der Waals surface area contributed by atoms with Gasteiger partial charge in [-0.25, -0.2) is 15.0 Å². The van der Waals surface area contributed by atoms with Crippen LogP contribution in [-0.4, -0.2) is 54.2 Å². The van der Waals surface area contributed by atoms with Crippen LogP contribution < -0.4 is 10.1 Å². The molecule has 1 saturated carbocycles. The predicted octanol–water partition coefficient (Wildman–Crippen LogP) is 8.15. The van der Waals surface area contributed by atoms with Crippen LogP contribution in [0.3, 0.4) is 0 Å². The third-order valence-corrected chi connectivity index (χ3v) is 12.1. The Kier molecular flexibility index (Phi) is 10.7. The van der Waals surface area contributed by atoms with E-state index in [0.29, 0.717) is 22.5 Å². The molecular formula is C46H41N5O6S. The number of carbonyl (C=O) groups excluding carboxylic acids is 1. The first-order valence-electron chi connectivity index (χ1n) is 18.8. The largest absolute Gasteiger partial charge is 0.497 e. The van der Waals surface area contributed by atoms with Gasteiger partial charge in [-0.2, -0.15) is 8.42 Å². The Morgan fingerprint density at radius 3 is 2.00 bits per heavy atom. The Morgan fingerprint density at radius 1 is 0.776 bits per heavy atom. The van der Waals surface area contributed by atoms with Crippen molar-refractivity contribution in [1.29, 1.82) is 0 Å². The third-order valence-electron chi connectivity index (χ3n) is 10.8. The van der Waals surface area contributed by atoms with Crippen molar-refractivity contribution in [2.75, 3.05) is 25.6 Å². The van der Waals surface area contributed by atoms with Gasteiger partial charge in [-0.1, -0.05) is 115 Å². The number of amides is 1. The summed E-state index contributed by atoms with van der Waals surface area (Å²) in [4.78, 5) is 26.7. The molecule has 0 unspecified atom stereocenters. The molecule has 1 aliphatic rings. The lowest BCUT2D eigenvalue weighted by Gasteiger charge is -2.48. The molecule has 0 radical (unpaired) electrons. The molecule has 7 aromatic rings. The summed E-state index contributed by atoms with van der Waals surface area (Å²) in [5.41, 5.74) is 4.61. The van der Waals surface area contributed by atoms with E-state index in [1.165, 1.54) is 18.5 Å². The van der Waals surface area contributed by atoms with Gasteiger partial charge < -0.3 is 19.4 Å². The summed E-state index contributed by atoms with van der Waals surface area (Å²) in [6, 6.07) is 42.7. The molecule has 1 N–H and O–H groups in total. The van der Waals surface area contributed by atoms with Crippen molar-refractivity contribution >= 4 is 33.0 Å². The second-order valence-corrected chi connectivity index (χ2v) is 15.8. The van der Waals surface area contributed by atoms with E-state index >= 15 is 0 Å². The summed E-state index contributed by atoms with van der Waals surface area (Å²) in [6.07, 6.45) is 2.97. The van der Waals surface area contributed by atoms with Gasteiger partial charge in [0.2, 0.25) is 0 Å². The number of nitrogens with one attached hydrogen (secondary N) is 1. The summed E-state index contributed by atoms with van der Waals surface area (Å²) in [6.45, 7) is 6.41. The minimum Gasteiger partial charge on any atom is -0.497 e. The minimum absolute atomic E-state index is 0.0619. The SMILES string of the molecule is C=C1[C@@H](n2cnc3c(NC(=O)c4ccccc4)ncnc32)[C@H](COS(=O)(=O)c2ccc(C)cc2)[C@H]1COC(c1ccccc1)(c1ccccc1)c1ccc(OC)cc1. The molecule has 2 aromatic heterocycles. The molecule has 11 nitrogen and oxygen atoms in total. The Morgan fingerprint density at radius 2 is 1.38 bits per heavy atom. The predicted molar refractivity (Wildman–Crippen MR) is 221 cm³/mol. The van der Waals surface area contributed by atoms with Crippen molar-refractivity contribution in [2.45, 2.75) is 23.5 Å². The maximum Gasteiger partial charge on any atom is 0.296 e. The number of hydrogen-bond donors (Lipinski definition) is 1. The first-order valence-corrected chi connectivity index (χ1v) is 20.2. The minimum atomic E-state index is -4.13. The van der Waals surface area contributed by atoms with Gasteiger partial charge in [0.25, 0.3) is 16.0 Å². The summed E-state index contributed by atoms with van der Waals surface area (Å²) in [7, 11) is -2.50. The molecule has 5 aromatic carbocycles. The van der Waals surface area contributed by atoms with E-state index in [9.17, 15) is 13.2 Å². The van der Waals surface area contributed by atoms with E-state index in [0.717, 1.165) is 27.8 Å². The fourth-order valence-corrected chi connectivity index (χ4v) is 8.63. The van der Waals surface area contributed by atoms with Crippen LogP contribution in [0, 0.1) is 18.8 Å². The van der Waals surface area contributed by atoms with Gasteiger partial charge in [-0.05, 0) is 65.6 Å². The van der Waals surface area contributed by atoms with E-state index < -0.39 is 27.7 Å². The van der Waals surface area contributed by atoms with Crippen LogP contribution in [0.5, 0.6) is 5.75 Å². The van der Waals surface area contributed by atoms with Gasteiger partial charge in [-0.3, -0.25) is 8.98 Å². The number of nitrogens with zero attached hydrogens (tertiary/aromatic N) is 4. The fourth-order valence-electron chi connectivity index (χ4n) is 7.69. The molecule has 0 saturated heterocycles. The lowest BCUT2D eigenvalue weighted by atomic mass is 9.66. The molecule has 1 aliphatic carbocycles. The lowest BCUT2D eigenvalue weighted by molar-refractivity contribution is -0.0407. The normalized spacial score (nSPS) is 16.8. The highest BCUT2D eigenvalue weighted by Gasteiger charge is 2.49. The average Bonchev–Trinajstić information content (AvgIpc) is 3.69. The van der Waals surface area contributed by atoms with Crippen molar-refractivity contribution in [2.24, 2.45) is 11.8 Å².